The fourth-order valence-corrected chi connectivity index (χ4v) is 4.57. The summed E-state index contributed by atoms with van der Waals surface area (Å²) in [5, 5.41) is 10.9. The van der Waals surface area contributed by atoms with E-state index in [1.165, 1.54) is 12.1 Å². The summed E-state index contributed by atoms with van der Waals surface area (Å²) in [7, 11) is 1.55. The molecule has 4 rings (SSSR count). The number of hydrogen-bond donors (Lipinski definition) is 2. The Morgan fingerprint density at radius 2 is 2.06 bits per heavy atom. The molecule has 3 N–H and O–H groups in total. The van der Waals surface area contributed by atoms with E-state index in [1.807, 2.05) is 4.90 Å². The van der Waals surface area contributed by atoms with Crippen molar-refractivity contribution in [1.29, 1.82) is 0 Å². The number of rotatable bonds is 5. The van der Waals surface area contributed by atoms with Gasteiger partial charge in [-0.25, -0.2) is 18.7 Å². The molecule has 0 amide bonds. The van der Waals surface area contributed by atoms with E-state index < -0.39 is 17.7 Å². The number of aliphatic hydroxyl groups is 1. The first kappa shape index (κ1) is 21.9. The Bertz CT molecular complexity index is 1160. The Morgan fingerprint density at radius 3 is 2.81 bits per heavy atom. The van der Waals surface area contributed by atoms with Crippen LogP contribution in [0.3, 0.4) is 0 Å². The monoisotopic (exact) mass is 510 g/mol. The third kappa shape index (κ3) is 4.23. The van der Waals surface area contributed by atoms with Crippen LogP contribution in [0.1, 0.15) is 22.9 Å². The lowest BCUT2D eigenvalue weighted by Crippen LogP contribution is -2.24. The number of fused-ring (bicyclic) bond motifs is 1. The number of hydrogen-bond acceptors (Lipinski definition) is 6. The maximum absolute atomic E-state index is 14.1. The summed E-state index contributed by atoms with van der Waals surface area (Å²) >= 11 is 9.86. The summed E-state index contributed by atoms with van der Waals surface area (Å²) in [6, 6.07) is 7.21. The summed E-state index contributed by atoms with van der Waals surface area (Å²) in [6.45, 7) is 0.829. The second-order valence-corrected chi connectivity index (χ2v) is 8.41. The van der Waals surface area contributed by atoms with Crippen molar-refractivity contribution in [3.05, 3.63) is 68.3 Å². The molecule has 0 saturated carbocycles. The quantitative estimate of drug-likeness (QED) is 0.526. The summed E-state index contributed by atoms with van der Waals surface area (Å²) in [5.41, 5.74) is 8.51. The van der Waals surface area contributed by atoms with Crippen molar-refractivity contribution in [2.75, 3.05) is 19.4 Å². The van der Waals surface area contributed by atoms with Crippen LogP contribution in [0.5, 0.6) is 5.75 Å². The fraction of sp³-hybridized carbons (Fsp3) is 0.238. The van der Waals surface area contributed by atoms with E-state index in [9.17, 15) is 13.9 Å². The molecule has 162 valence electrons. The molecule has 0 aliphatic carbocycles. The van der Waals surface area contributed by atoms with Crippen molar-refractivity contribution < 1.29 is 18.6 Å². The predicted octanol–water partition coefficient (Wildman–Crippen LogP) is 4.48. The SMILES string of the molecule is COc1cc(-c2nc(N)nc3c2CN(CC(O)c2cccc(F)c2F)C3)c(Cl)cc1Br. The van der Waals surface area contributed by atoms with E-state index in [0.29, 0.717) is 45.3 Å². The van der Waals surface area contributed by atoms with Crippen LogP contribution >= 0.6 is 27.5 Å². The first-order valence-electron chi connectivity index (χ1n) is 9.31. The Morgan fingerprint density at radius 1 is 1.29 bits per heavy atom. The summed E-state index contributed by atoms with van der Waals surface area (Å²) in [6.07, 6.45) is -1.21. The first-order chi connectivity index (χ1) is 14.8. The van der Waals surface area contributed by atoms with Gasteiger partial charge in [0.1, 0.15) is 5.75 Å². The highest BCUT2D eigenvalue weighted by Crippen LogP contribution is 2.40. The standard InChI is InChI=1S/C21H18BrClF2N4O2/c1-31-18-5-11(14(23)6-13(18)22)20-12-7-29(8-16(12)27-21(26)28-20)9-17(30)10-3-2-4-15(24)19(10)25/h2-6,17,30H,7-9H2,1H3,(H2,26,27,28). The number of methoxy groups -OCH3 is 1. The van der Waals surface area contributed by atoms with Gasteiger partial charge in [-0.15, -0.1) is 0 Å². The minimum Gasteiger partial charge on any atom is -0.496 e. The van der Waals surface area contributed by atoms with Crippen LogP contribution in [0.25, 0.3) is 11.3 Å². The van der Waals surface area contributed by atoms with Gasteiger partial charge in [0.05, 0.1) is 34.1 Å². The molecule has 0 saturated heterocycles. The third-order valence-electron chi connectivity index (χ3n) is 5.13. The van der Waals surface area contributed by atoms with Crippen molar-refractivity contribution >= 4 is 33.5 Å². The van der Waals surface area contributed by atoms with Gasteiger partial charge in [0.2, 0.25) is 5.95 Å². The van der Waals surface area contributed by atoms with Gasteiger partial charge in [0.25, 0.3) is 0 Å². The molecule has 6 nitrogen and oxygen atoms in total. The van der Waals surface area contributed by atoms with E-state index in [4.69, 9.17) is 22.1 Å². The van der Waals surface area contributed by atoms with E-state index in [2.05, 4.69) is 25.9 Å². The van der Waals surface area contributed by atoms with Crippen LogP contribution < -0.4 is 10.5 Å². The zero-order chi connectivity index (χ0) is 22.3. The fourth-order valence-electron chi connectivity index (χ4n) is 3.68. The van der Waals surface area contributed by atoms with Crippen LogP contribution in [-0.4, -0.2) is 33.6 Å². The van der Waals surface area contributed by atoms with Gasteiger partial charge in [-0.2, -0.15) is 0 Å². The largest absolute Gasteiger partial charge is 0.496 e. The maximum atomic E-state index is 14.1. The summed E-state index contributed by atoms with van der Waals surface area (Å²) in [5.74, 6) is -1.38. The number of benzene rings is 2. The summed E-state index contributed by atoms with van der Waals surface area (Å²) in [4.78, 5) is 10.6. The molecule has 0 spiro atoms. The predicted molar refractivity (Wildman–Crippen MR) is 117 cm³/mol. The van der Waals surface area contributed by atoms with Gasteiger partial charge >= 0.3 is 0 Å². The van der Waals surface area contributed by atoms with Crippen LogP contribution in [-0.2, 0) is 13.1 Å². The normalized spacial score (nSPS) is 14.5. The van der Waals surface area contributed by atoms with E-state index >= 15 is 0 Å². The molecule has 0 fully saturated rings. The van der Waals surface area contributed by atoms with E-state index in [-0.39, 0.29) is 18.1 Å². The van der Waals surface area contributed by atoms with Gasteiger partial charge in [0, 0.05) is 36.3 Å². The number of nitrogens with two attached hydrogens (primary N) is 1. The van der Waals surface area contributed by atoms with Crippen LogP contribution in [0.4, 0.5) is 14.7 Å². The van der Waals surface area contributed by atoms with Crippen molar-refractivity contribution in [2.24, 2.45) is 0 Å². The lowest BCUT2D eigenvalue weighted by Gasteiger charge is -2.20. The molecule has 10 heteroatoms. The van der Waals surface area contributed by atoms with Crippen molar-refractivity contribution in [3.8, 4) is 17.0 Å². The molecule has 1 aliphatic rings. The van der Waals surface area contributed by atoms with Gasteiger partial charge in [-0.05, 0) is 34.1 Å². The minimum atomic E-state index is -1.21. The number of halogens is 4. The Hall–Kier alpha value is -2.33. The number of anilines is 1. The first-order valence-corrected chi connectivity index (χ1v) is 10.5. The Balaban J connectivity index is 1.65. The molecule has 3 aromatic rings. The molecule has 0 radical (unpaired) electrons. The Labute approximate surface area is 190 Å². The zero-order valence-electron chi connectivity index (χ0n) is 16.4. The highest BCUT2D eigenvalue weighted by atomic mass is 79.9. The minimum absolute atomic E-state index is 0.0769. The van der Waals surface area contributed by atoms with Gasteiger partial charge in [-0.1, -0.05) is 23.7 Å². The Kier molecular flexibility index (Phi) is 6.11. The second-order valence-electron chi connectivity index (χ2n) is 7.15. The second kappa shape index (κ2) is 8.66. The van der Waals surface area contributed by atoms with Crippen molar-refractivity contribution in [1.82, 2.24) is 14.9 Å². The number of ether oxygens (including phenoxy) is 1. The molecule has 1 atom stereocenters. The topological polar surface area (TPSA) is 84.5 Å². The smallest absolute Gasteiger partial charge is 0.220 e. The number of β-amino-alcohol motifs (C(OH)–C–C–N with tert-alkyl or cyclic N) is 1. The molecule has 1 aromatic heterocycles. The van der Waals surface area contributed by atoms with E-state index in [0.717, 1.165) is 11.6 Å². The average molecular weight is 512 g/mol. The number of nitrogens with zero attached hydrogens (tertiary/aromatic N) is 3. The van der Waals surface area contributed by atoms with Gasteiger partial charge < -0.3 is 15.6 Å². The average Bonchev–Trinajstić information content (AvgIpc) is 3.11. The van der Waals surface area contributed by atoms with Gasteiger partial charge in [-0.3, -0.25) is 4.90 Å². The maximum Gasteiger partial charge on any atom is 0.220 e. The molecule has 2 aromatic carbocycles. The van der Waals surface area contributed by atoms with Crippen molar-refractivity contribution in [3.63, 3.8) is 0 Å². The molecular formula is C21H18BrClF2N4O2. The number of aromatic nitrogens is 2. The molecule has 31 heavy (non-hydrogen) atoms. The van der Waals surface area contributed by atoms with Crippen molar-refractivity contribution in [2.45, 2.75) is 19.2 Å². The highest BCUT2D eigenvalue weighted by molar-refractivity contribution is 9.10. The molecular weight excluding hydrogens is 494 g/mol. The highest BCUT2D eigenvalue weighted by Gasteiger charge is 2.29. The molecule has 1 unspecified atom stereocenters. The third-order valence-corrected chi connectivity index (χ3v) is 6.07. The molecule has 1 aliphatic heterocycles. The zero-order valence-corrected chi connectivity index (χ0v) is 18.7. The number of nitrogen functional groups attached to an aromatic ring is 1. The summed E-state index contributed by atoms with van der Waals surface area (Å²) < 4.78 is 33.6. The molecule has 0 bridgehead atoms. The lowest BCUT2D eigenvalue weighted by atomic mass is 10.1. The lowest BCUT2D eigenvalue weighted by molar-refractivity contribution is 0.108. The van der Waals surface area contributed by atoms with Gasteiger partial charge in [0.15, 0.2) is 11.6 Å². The van der Waals surface area contributed by atoms with Crippen LogP contribution in [0.2, 0.25) is 5.02 Å². The molecule has 2 heterocycles. The van der Waals surface area contributed by atoms with Crippen LogP contribution in [0.15, 0.2) is 34.8 Å². The van der Waals surface area contributed by atoms with E-state index in [1.54, 1.807) is 19.2 Å². The van der Waals surface area contributed by atoms with Crippen LogP contribution in [0, 0.1) is 11.6 Å². The number of aliphatic hydroxyl groups excluding tert-OH is 1.